The van der Waals surface area contributed by atoms with Crippen LogP contribution in [0.4, 0.5) is 8.78 Å². The zero-order valence-electron chi connectivity index (χ0n) is 16.4. The number of fused-ring (bicyclic) bond motifs is 2. The van der Waals surface area contributed by atoms with Crippen molar-refractivity contribution in [2.75, 3.05) is 0 Å². The Morgan fingerprint density at radius 3 is 1.84 bits per heavy atom. The van der Waals surface area contributed by atoms with Gasteiger partial charge in [-0.25, -0.2) is 8.78 Å². The fraction of sp³-hybridized carbons (Fsp3) is 0.167. The molecule has 0 saturated heterocycles. The minimum absolute atomic E-state index is 0.0260. The van der Waals surface area contributed by atoms with Gasteiger partial charge in [0, 0.05) is 42.9 Å². The van der Waals surface area contributed by atoms with Crippen LogP contribution in [0.5, 0.6) is 5.75 Å². The normalized spacial score (nSPS) is 14.5. The van der Waals surface area contributed by atoms with Crippen LogP contribution in [0, 0.1) is 11.6 Å². The molecule has 31 heavy (non-hydrogen) atoms. The lowest BCUT2D eigenvalue weighted by Crippen LogP contribution is -2.27. The molecule has 0 unspecified atom stereocenters. The van der Waals surface area contributed by atoms with Crippen molar-refractivity contribution >= 4 is 11.8 Å². The van der Waals surface area contributed by atoms with Crippen molar-refractivity contribution in [1.82, 2.24) is 9.80 Å². The van der Waals surface area contributed by atoms with E-state index in [0.29, 0.717) is 11.1 Å². The van der Waals surface area contributed by atoms with Crippen molar-refractivity contribution in [3.8, 4) is 5.75 Å². The molecule has 2 heterocycles. The first-order valence-corrected chi connectivity index (χ1v) is 9.86. The Labute approximate surface area is 177 Å². The number of benzene rings is 3. The average Bonchev–Trinajstić information content (AvgIpc) is 3.39. The van der Waals surface area contributed by atoms with E-state index in [0.717, 1.165) is 11.1 Å². The van der Waals surface area contributed by atoms with Crippen molar-refractivity contribution in [1.29, 1.82) is 0 Å². The molecule has 0 aromatic heterocycles. The lowest BCUT2D eigenvalue weighted by Gasteiger charge is -2.19. The van der Waals surface area contributed by atoms with Crippen LogP contribution in [0.15, 0.2) is 54.6 Å². The maximum Gasteiger partial charge on any atom is 0.258 e. The molecule has 156 valence electrons. The Balaban J connectivity index is 1.39. The van der Waals surface area contributed by atoms with Gasteiger partial charge >= 0.3 is 0 Å². The van der Waals surface area contributed by atoms with Crippen LogP contribution < -0.4 is 0 Å². The molecule has 0 bridgehead atoms. The summed E-state index contributed by atoms with van der Waals surface area (Å²) in [6.07, 6.45) is 0. The molecule has 2 aliphatic rings. The molecule has 5 nitrogen and oxygen atoms in total. The minimum atomic E-state index is -0.487. The van der Waals surface area contributed by atoms with Crippen LogP contribution in [0.1, 0.15) is 43.0 Å². The number of phenolic OH excluding ortho intramolecular Hbond substituents is 1. The van der Waals surface area contributed by atoms with Crippen molar-refractivity contribution in [3.63, 3.8) is 0 Å². The van der Waals surface area contributed by atoms with Gasteiger partial charge in [-0.2, -0.15) is 0 Å². The Hall–Kier alpha value is -3.74. The highest BCUT2D eigenvalue weighted by molar-refractivity contribution is 6.01. The van der Waals surface area contributed by atoms with Crippen LogP contribution in [0.3, 0.4) is 0 Å². The summed E-state index contributed by atoms with van der Waals surface area (Å²) >= 11 is 0. The number of phenols is 1. The van der Waals surface area contributed by atoms with Crippen LogP contribution in [-0.2, 0) is 26.2 Å². The van der Waals surface area contributed by atoms with Gasteiger partial charge in [-0.3, -0.25) is 9.59 Å². The van der Waals surface area contributed by atoms with Crippen molar-refractivity contribution in [2.24, 2.45) is 0 Å². The molecule has 5 rings (SSSR count). The summed E-state index contributed by atoms with van der Waals surface area (Å²) in [5, 5.41) is 10.3. The van der Waals surface area contributed by atoms with Gasteiger partial charge in [-0.1, -0.05) is 24.3 Å². The Morgan fingerprint density at radius 1 is 0.742 bits per heavy atom. The highest BCUT2D eigenvalue weighted by Gasteiger charge is 2.30. The van der Waals surface area contributed by atoms with Gasteiger partial charge < -0.3 is 14.9 Å². The number of halogens is 2. The number of hydrogen-bond donors (Lipinski definition) is 1. The predicted octanol–water partition coefficient (Wildman–Crippen LogP) is 3.98. The lowest BCUT2D eigenvalue weighted by atomic mass is 10.1. The van der Waals surface area contributed by atoms with Crippen molar-refractivity contribution in [2.45, 2.75) is 26.2 Å². The van der Waals surface area contributed by atoms with Crippen LogP contribution in [0.25, 0.3) is 0 Å². The Morgan fingerprint density at radius 2 is 1.29 bits per heavy atom. The first kappa shape index (κ1) is 19.2. The molecule has 0 atom stereocenters. The molecule has 0 fully saturated rings. The number of carbonyl (C=O) groups excluding carboxylic acids is 2. The van der Waals surface area contributed by atoms with E-state index in [1.54, 1.807) is 24.3 Å². The average molecular weight is 420 g/mol. The van der Waals surface area contributed by atoms with Gasteiger partial charge in [-0.15, -0.1) is 0 Å². The molecule has 3 aromatic carbocycles. The van der Waals surface area contributed by atoms with Crippen molar-refractivity contribution in [3.05, 3.63) is 99.6 Å². The largest absolute Gasteiger partial charge is 0.507 e. The summed E-state index contributed by atoms with van der Waals surface area (Å²) in [5.74, 6) is -1.83. The summed E-state index contributed by atoms with van der Waals surface area (Å²) in [6, 6.07) is 13.5. The SMILES string of the molecule is O=C(c1ccc(O)c(C(=O)N2Cc3cccc(F)c3C2)c1)N1Cc2cccc(F)c2C1. The molecule has 2 aliphatic heterocycles. The second kappa shape index (κ2) is 7.19. The summed E-state index contributed by atoms with van der Waals surface area (Å²) in [5.41, 5.74) is 2.61. The quantitative estimate of drug-likeness (QED) is 0.682. The number of nitrogens with zero attached hydrogens (tertiary/aromatic N) is 2. The zero-order valence-corrected chi connectivity index (χ0v) is 16.4. The molecule has 0 spiro atoms. The number of hydrogen-bond acceptors (Lipinski definition) is 3. The van der Waals surface area contributed by atoms with E-state index in [2.05, 4.69) is 0 Å². The van der Waals surface area contributed by atoms with Gasteiger partial charge in [-0.05, 0) is 41.5 Å². The zero-order chi connectivity index (χ0) is 21.7. The standard InChI is InChI=1S/C24H18F2N2O3/c25-20-5-1-3-15-10-27(12-18(15)20)23(30)14-7-8-22(29)17(9-14)24(31)28-11-16-4-2-6-21(26)19(16)13-28/h1-9,29H,10-13H2. The fourth-order valence-electron chi connectivity index (χ4n) is 4.24. The van der Waals surface area contributed by atoms with Crippen LogP contribution in [0.2, 0.25) is 0 Å². The van der Waals surface area contributed by atoms with Gasteiger partial charge in [0.05, 0.1) is 5.56 Å². The fourth-order valence-corrected chi connectivity index (χ4v) is 4.24. The first-order chi connectivity index (χ1) is 14.9. The highest BCUT2D eigenvalue weighted by Crippen LogP contribution is 2.30. The maximum atomic E-state index is 14.0. The van der Waals surface area contributed by atoms with E-state index >= 15 is 0 Å². The number of amides is 2. The van der Waals surface area contributed by atoms with E-state index in [4.69, 9.17) is 0 Å². The van der Waals surface area contributed by atoms with Gasteiger partial charge in [0.25, 0.3) is 11.8 Å². The molecule has 0 aliphatic carbocycles. The molecule has 0 saturated carbocycles. The summed E-state index contributed by atoms with van der Waals surface area (Å²) in [4.78, 5) is 29.0. The summed E-state index contributed by atoms with van der Waals surface area (Å²) < 4.78 is 28.0. The number of aromatic hydroxyl groups is 1. The molecule has 2 amide bonds. The molecule has 3 aromatic rings. The lowest BCUT2D eigenvalue weighted by molar-refractivity contribution is 0.0746. The third kappa shape index (κ3) is 3.22. The Bertz CT molecular complexity index is 1240. The molecular weight excluding hydrogens is 402 g/mol. The van der Waals surface area contributed by atoms with E-state index < -0.39 is 5.91 Å². The summed E-state index contributed by atoms with van der Waals surface area (Å²) in [6.45, 7) is 0.742. The second-order valence-corrected chi connectivity index (χ2v) is 7.81. The predicted molar refractivity (Wildman–Crippen MR) is 108 cm³/mol. The third-order valence-electron chi connectivity index (χ3n) is 5.90. The molecule has 0 radical (unpaired) electrons. The Kier molecular flexibility index (Phi) is 4.46. The smallest absolute Gasteiger partial charge is 0.258 e. The topological polar surface area (TPSA) is 60.9 Å². The monoisotopic (exact) mass is 420 g/mol. The first-order valence-electron chi connectivity index (χ1n) is 9.86. The van der Waals surface area contributed by atoms with Gasteiger partial charge in [0.1, 0.15) is 17.4 Å². The van der Waals surface area contributed by atoms with Crippen LogP contribution >= 0.6 is 0 Å². The van der Waals surface area contributed by atoms with Crippen molar-refractivity contribution < 1.29 is 23.5 Å². The number of carbonyl (C=O) groups is 2. The van der Waals surface area contributed by atoms with E-state index in [1.807, 2.05) is 0 Å². The maximum absolute atomic E-state index is 14.0. The summed E-state index contributed by atoms with van der Waals surface area (Å²) in [7, 11) is 0. The number of rotatable bonds is 2. The van der Waals surface area contributed by atoms with Gasteiger partial charge in [0.2, 0.25) is 0 Å². The van der Waals surface area contributed by atoms with E-state index in [-0.39, 0.29) is 60.6 Å². The van der Waals surface area contributed by atoms with E-state index in [9.17, 15) is 23.5 Å². The molecule has 1 N–H and O–H groups in total. The minimum Gasteiger partial charge on any atom is -0.507 e. The van der Waals surface area contributed by atoms with Crippen LogP contribution in [-0.4, -0.2) is 26.7 Å². The molecular formula is C24H18F2N2O3. The highest BCUT2D eigenvalue weighted by atomic mass is 19.1. The second-order valence-electron chi connectivity index (χ2n) is 7.81. The van der Waals surface area contributed by atoms with E-state index in [1.165, 1.54) is 40.1 Å². The third-order valence-corrected chi connectivity index (χ3v) is 5.90. The van der Waals surface area contributed by atoms with Gasteiger partial charge in [0.15, 0.2) is 0 Å². The molecule has 7 heteroatoms.